The quantitative estimate of drug-likeness (QED) is 0.866. The molecule has 0 aromatic carbocycles. The molecular formula is C18H32N2O3. The summed E-state index contributed by atoms with van der Waals surface area (Å²) in [6, 6.07) is 0. The Labute approximate surface area is 140 Å². The molecule has 3 fully saturated rings. The van der Waals surface area contributed by atoms with Gasteiger partial charge >= 0.3 is 6.09 Å². The molecule has 3 rings (SSSR count). The van der Waals surface area contributed by atoms with Crippen molar-refractivity contribution in [2.24, 2.45) is 11.3 Å². The van der Waals surface area contributed by atoms with E-state index in [9.17, 15) is 9.90 Å². The zero-order valence-electron chi connectivity index (χ0n) is 14.9. The molecule has 1 atom stereocenters. The number of nitrogens with zero attached hydrogens (tertiary/aromatic N) is 2. The van der Waals surface area contributed by atoms with Gasteiger partial charge in [0.1, 0.15) is 5.60 Å². The molecule has 0 aromatic rings. The fourth-order valence-electron chi connectivity index (χ4n) is 4.27. The van der Waals surface area contributed by atoms with Crippen LogP contribution in [-0.2, 0) is 4.74 Å². The maximum atomic E-state index is 12.2. The number of hydrogen-bond acceptors (Lipinski definition) is 4. The summed E-state index contributed by atoms with van der Waals surface area (Å²) >= 11 is 0. The highest BCUT2D eigenvalue weighted by Gasteiger charge is 2.45. The second-order valence-electron chi connectivity index (χ2n) is 8.96. The summed E-state index contributed by atoms with van der Waals surface area (Å²) in [5, 5.41) is 9.38. The standard InChI is InChI=1S/C18H32N2O3/c1-17(2,3)23-16(22)20-9-6-18(13-20)5-8-19(12-18)7-4-14-10-15(21)11-14/h14-15,21H,4-13H2,1-3H3. The van der Waals surface area contributed by atoms with Crippen molar-refractivity contribution in [2.45, 2.75) is 64.6 Å². The van der Waals surface area contributed by atoms with Gasteiger partial charge in [-0.25, -0.2) is 4.79 Å². The number of aliphatic hydroxyl groups is 1. The lowest BCUT2D eigenvalue weighted by Gasteiger charge is -2.33. The average Bonchev–Trinajstić information content (AvgIpc) is 3.00. The van der Waals surface area contributed by atoms with E-state index in [-0.39, 0.29) is 17.6 Å². The Morgan fingerprint density at radius 2 is 1.91 bits per heavy atom. The smallest absolute Gasteiger partial charge is 0.410 e. The molecule has 0 radical (unpaired) electrons. The summed E-state index contributed by atoms with van der Waals surface area (Å²) in [5.41, 5.74) is -0.127. The molecule has 5 heteroatoms. The van der Waals surface area contributed by atoms with E-state index in [0.717, 1.165) is 57.9 Å². The van der Waals surface area contributed by atoms with Crippen LogP contribution in [0, 0.1) is 11.3 Å². The summed E-state index contributed by atoms with van der Waals surface area (Å²) < 4.78 is 5.51. The van der Waals surface area contributed by atoms with E-state index in [0.29, 0.717) is 0 Å². The van der Waals surface area contributed by atoms with E-state index < -0.39 is 5.60 Å². The van der Waals surface area contributed by atoms with E-state index in [1.54, 1.807) is 0 Å². The van der Waals surface area contributed by atoms with Crippen molar-refractivity contribution in [3.8, 4) is 0 Å². The lowest BCUT2D eigenvalue weighted by Crippen LogP contribution is -2.38. The first kappa shape index (κ1) is 17.0. The highest BCUT2D eigenvalue weighted by atomic mass is 16.6. The van der Waals surface area contributed by atoms with Crippen molar-refractivity contribution in [2.75, 3.05) is 32.7 Å². The van der Waals surface area contributed by atoms with Crippen molar-refractivity contribution in [1.29, 1.82) is 0 Å². The average molecular weight is 324 g/mol. The van der Waals surface area contributed by atoms with Crippen molar-refractivity contribution in [3.63, 3.8) is 0 Å². The van der Waals surface area contributed by atoms with Crippen LogP contribution in [0.3, 0.4) is 0 Å². The predicted molar refractivity (Wildman–Crippen MR) is 89.3 cm³/mol. The minimum absolute atomic E-state index is 0.0397. The first-order valence-electron chi connectivity index (χ1n) is 9.13. The number of carbonyl (C=O) groups excluding carboxylic acids is 1. The third kappa shape index (κ3) is 4.18. The molecule has 23 heavy (non-hydrogen) atoms. The van der Waals surface area contributed by atoms with Crippen LogP contribution in [0.2, 0.25) is 0 Å². The van der Waals surface area contributed by atoms with Crippen LogP contribution in [0.5, 0.6) is 0 Å². The molecule has 1 unspecified atom stereocenters. The summed E-state index contributed by atoms with van der Waals surface area (Å²) in [6.45, 7) is 10.9. The minimum atomic E-state index is -0.415. The first-order chi connectivity index (χ1) is 10.7. The third-order valence-corrected chi connectivity index (χ3v) is 5.67. The van der Waals surface area contributed by atoms with Crippen LogP contribution >= 0.6 is 0 Å². The predicted octanol–water partition coefficient (Wildman–Crippen LogP) is 2.48. The Bertz CT molecular complexity index is 442. The molecule has 1 spiro atoms. The SMILES string of the molecule is CC(C)(C)OC(=O)N1CCC2(CCN(CCC3CC(O)C3)C2)C1. The molecule has 1 N–H and O–H groups in total. The summed E-state index contributed by atoms with van der Waals surface area (Å²) in [6.07, 6.45) is 5.29. The maximum absolute atomic E-state index is 12.2. The van der Waals surface area contributed by atoms with E-state index >= 15 is 0 Å². The van der Waals surface area contributed by atoms with Gasteiger partial charge in [-0.2, -0.15) is 0 Å². The number of rotatable bonds is 3. The van der Waals surface area contributed by atoms with Gasteiger partial charge in [-0.05, 0) is 71.9 Å². The Morgan fingerprint density at radius 1 is 1.22 bits per heavy atom. The van der Waals surface area contributed by atoms with Gasteiger partial charge in [0, 0.05) is 25.0 Å². The van der Waals surface area contributed by atoms with E-state index in [1.165, 1.54) is 12.8 Å². The van der Waals surface area contributed by atoms with Crippen LogP contribution in [0.4, 0.5) is 4.79 Å². The Kier molecular flexibility index (Phi) is 4.62. The van der Waals surface area contributed by atoms with Gasteiger partial charge in [-0.3, -0.25) is 0 Å². The molecule has 1 aliphatic carbocycles. The van der Waals surface area contributed by atoms with Gasteiger partial charge in [0.2, 0.25) is 0 Å². The zero-order chi connectivity index (χ0) is 16.7. The molecule has 2 heterocycles. The van der Waals surface area contributed by atoms with Gasteiger partial charge < -0.3 is 19.6 Å². The minimum Gasteiger partial charge on any atom is -0.444 e. The monoisotopic (exact) mass is 324 g/mol. The zero-order valence-corrected chi connectivity index (χ0v) is 14.9. The molecule has 132 valence electrons. The number of hydrogen-bond donors (Lipinski definition) is 1. The number of carbonyl (C=O) groups is 1. The van der Waals surface area contributed by atoms with Crippen molar-refractivity contribution >= 4 is 6.09 Å². The van der Waals surface area contributed by atoms with E-state index in [4.69, 9.17) is 4.74 Å². The molecule has 3 aliphatic rings. The fraction of sp³-hybridized carbons (Fsp3) is 0.944. The van der Waals surface area contributed by atoms with Gasteiger partial charge in [-0.1, -0.05) is 0 Å². The van der Waals surface area contributed by atoms with Gasteiger partial charge in [0.05, 0.1) is 6.10 Å². The molecule has 0 bridgehead atoms. The summed E-state index contributed by atoms with van der Waals surface area (Å²) in [7, 11) is 0. The topological polar surface area (TPSA) is 53.0 Å². The first-order valence-corrected chi connectivity index (χ1v) is 9.13. The van der Waals surface area contributed by atoms with Crippen LogP contribution in [0.1, 0.15) is 52.9 Å². The second kappa shape index (κ2) is 6.25. The fourth-order valence-corrected chi connectivity index (χ4v) is 4.27. The van der Waals surface area contributed by atoms with Crippen molar-refractivity contribution in [3.05, 3.63) is 0 Å². The molecule has 1 saturated carbocycles. The largest absolute Gasteiger partial charge is 0.444 e. The third-order valence-electron chi connectivity index (χ3n) is 5.67. The van der Waals surface area contributed by atoms with Gasteiger partial charge in [0.15, 0.2) is 0 Å². The molecule has 2 aliphatic heterocycles. The highest BCUT2D eigenvalue weighted by molar-refractivity contribution is 5.68. The number of amides is 1. The van der Waals surface area contributed by atoms with E-state index in [2.05, 4.69) is 4.90 Å². The molecule has 1 amide bonds. The normalized spacial score (nSPS) is 34.9. The maximum Gasteiger partial charge on any atom is 0.410 e. The lowest BCUT2D eigenvalue weighted by molar-refractivity contribution is 0.0273. The number of likely N-dealkylation sites (tertiary alicyclic amines) is 2. The molecule has 5 nitrogen and oxygen atoms in total. The summed E-state index contributed by atoms with van der Waals surface area (Å²) in [5.74, 6) is 0.725. The van der Waals surface area contributed by atoms with Gasteiger partial charge in [0.25, 0.3) is 0 Å². The van der Waals surface area contributed by atoms with Crippen molar-refractivity contribution in [1.82, 2.24) is 9.80 Å². The van der Waals surface area contributed by atoms with Crippen LogP contribution in [0.15, 0.2) is 0 Å². The lowest BCUT2D eigenvalue weighted by atomic mass is 9.80. The van der Waals surface area contributed by atoms with Crippen LogP contribution in [0.25, 0.3) is 0 Å². The highest BCUT2D eigenvalue weighted by Crippen LogP contribution is 2.40. The Balaban J connectivity index is 1.44. The molecule has 0 aromatic heterocycles. The van der Waals surface area contributed by atoms with Gasteiger partial charge in [-0.15, -0.1) is 0 Å². The Morgan fingerprint density at radius 3 is 2.57 bits per heavy atom. The molecular weight excluding hydrogens is 292 g/mol. The summed E-state index contributed by atoms with van der Waals surface area (Å²) in [4.78, 5) is 16.7. The number of aliphatic hydroxyl groups excluding tert-OH is 1. The van der Waals surface area contributed by atoms with Crippen LogP contribution < -0.4 is 0 Å². The second-order valence-corrected chi connectivity index (χ2v) is 8.96. The molecule has 2 saturated heterocycles. The van der Waals surface area contributed by atoms with Crippen molar-refractivity contribution < 1.29 is 14.6 Å². The van der Waals surface area contributed by atoms with E-state index in [1.807, 2.05) is 25.7 Å². The van der Waals surface area contributed by atoms with Crippen LogP contribution in [-0.4, -0.2) is 65.4 Å². The Hall–Kier alpha value is -0.810. The number of ether oxygens (including phenoxy) is 1.